The fourth-order valence-electron chi connectivity index (χ4n) is 2.63. The lowest BCUT2D eigenvalue weighted by Crippen LogP contribution is -2.36. The molecule has 0 spiro atoms. The number of nitrogens with one attached hydrogen (secondary N) is 2. The molecule has 0 radical (unpaired) electrons. The third-order valence-corrected chi connectivity index (χ3v) is 5.13. The molecule has 0 atom stereocenters. The predicted molar refractivity (Wildman–Crippen MR) is 112 cm³/mol. The third kappa shape index (κ3) is 6.84. The average Bonchev–Trinajstić information content (AvgIpc) is 2.97. The lowest BCUT2D eigenvalue weighted by atomic mass is 10.1. The first kappa shape index (κ1) is 21.2. The quantitative estimate of drug-likeness (QED) is 0.390. The molecule has 6 nitrogen and oxygen atoms in total. The Balaban J connectivity index is 1.92. The van der Waals surface area contributed by atoms with E-state index in [0.717, 1.165) is 34.4 Å². The number of aromatic nitrogens is 1. The molecule has 0 saturated heterocycles. The van der Waals surface area contributed by atoms with E-state index >= 15 is 0 Å². The van der Waals surface area contributed by atoms with E-state index in [1.807, 2.05) is 13.8 Å². The van der Waals surface area contributed by atoms with Gasteiger partial charge in [-0.1, -0.05) is 12.1 Å². The molecular weight excluding hydrogens is 360 g/mol. The first-order chi connectivity index (χ1) is 13.0. The SMILES string of the molecule is CN=C(NCc1ccc(C)cc1OCCCOC)NCc1sc(C)nc1C. The van der Waals surface area contributed by atoms with Crippen molar-refractivity contribution in [3.8, 4) is 5.75 Å². The molecule has 0 amide bonds. The van der Waals surface area contributed by atoms with E-state index in [1.165, 1.54) is 10.4 Å². The Bertz CT molecular complexity index is 758. The zero-order valence-electron chi connectivity index (χ0n) is 16.9. The molecule has 0 bridgehead atoms. The van der Waals surface area contributed by atoms with E-state index in [0.29, 0.717) is 26.3 Å². The molecule has 2 rings (SSSR count). The highest BCUT2D eigenvalue weighted by molar-refractivity contribution is 7.11. The topological polar surface area (TPSA) is 67.8 Å². The van der Waals surface area contributed by atoms with Crippen molar-refractivity contribution in [2.75, 3.05) is 27.4 Å². The molecule has 2 aromatic rings. The molecule has 0 aliphatic rings. The van der Waals surface area contributed by atoms with Gasteiger partial charge in [-0.15, -0.1) is 11.3 Å². The van der Waals surface area contributed by atoms with Gasteiger partial charge in [0.25, 0.3) is 0 Å². The number of aliphatic imine (C=N–C) groups is 1. The average molecular weight is 391 g/mol. The number of benzene rings is 1. The van der Waals surface area contributed by atoms with Gasteiger partial charge in [0.15, 0.2) is 5.96 Å². The normalized spacial score (nSPS) is 11.5. The summed E-state index contributed by atoms with van der Waals surface area (Å²) >= 11 is 1.71. The second kappa shape index (κ2) is 10.9. The summed E-state index contributed by atoms with van der Waals surface area (Å²) in [7, 11) is 3.48. The van der Waals surface area contributed by atoms with Gasteiger partial charge < -0.3 is 20.1 Å². The highest BCUT2D eigenvalue weighted by Gasteiger charge is 2.08. The summed E-state index contributed by atoms with van der Waals surface area (Å²) in [6.45, 7) is 8.83. The summed E-state index contributed by atoms with van der Waals surface area (Å²) < 4.78 is 11.0. The van der Waals surface area contributed by atoms with Crippen molar-refractivity contribution in [1.29, 1.82) is 0 Å². The van der Waals surface area contributed by atoms with Crippen LogP contribution in [-0.2, 0) is 17.8 Å². The fraction of sp³-hybridized carbons (Fsp3) is 0.500. The van der Waals surface area contributed by atoms with Crippen LogP contribution in [0.4, 0.5) is 0 Å². The van der Waals surface area contributed by atoms with E-state index in [1.54, 1.807) is 25.5 Å². The van der Waals surface area contributed by atoms with E-state index in [2.05, 4.69) is 45.7 Å². The summed E-state index contributed by atoms with van der Waals surface area (Å²) in [5.41, 5.74) is 3.36. The van der Waals surface area contributed by atoms with Crippen molar-refractivity contribution in [3.05, 3.63) is 44.9 Å². The molecule has 148 valence electrons. The minimum Gasteiger partial charge on any atom is -0.493 e. The zero-order valence-corrected chi connectivity index (χ0v) is 17.7. The van der Waals surface area contributed by atoms with E-state index in [4.69, 9.17) is 9.47 Å². The second-order valence-electron chi connectivity index (χ2n) is 6.33. The fourth-order valence-corrected chi connectivity index (χ4v) is 3.51. The van der Waals surface area contributed by atoms with Crippen molar-refractivity contribution in [1.82, 2.24) is 15.6 Å². The Morgan fingerprint density at radius 2 is 1.93 bits per heavy atom. The number of guanidine groups is 1. The van der Waals surface area contributed by atoms with Crippen LogP contribution in [0.25, 0.3) is 0 Å². The van der Waals surface area contributed by atoms with Gasteiger partial charge in [-0.2, -0.15) is 0 Å². The van der Waals surface area contributed by atoms with Crippen LogP contribution in [0, 0.1) is 20.8 Å². The van der Waals surface area contributed by atoms with Crippen LogP contribution in [0.15, 0.2) is 23.2 Å². The summed E-state index contributed by atoms with van der Waals surface area (Å²) in [4.78, 5) is 10.0. The maximum atomic E-state index is 5.95. The molecule has 1 heterocycles. The molecule has 0 aliphatic carbocycles. The second-order valence-corrected chi connectivity index (χ2v) is 7.61. The molecule has 1 aromatic heterocycles. The standard InChI is InChI=1S/C20H30N4O2S/c1-14-7-8-17(18(11-14)26-10-6-9-25-5)12-22-20(21-4)23-13-19-15(2)24-16(3)27-19/h7-8,11H,6,9-10,12-13H2,1-5H3,(H2,21,22,23). The lowest BCUT2D eigenvalue weighted by molar-refractivity contribution is 0.171. The number of thiazole rings is 1. The molecule has 27 heavy (non-hydrogen) atoms. The van der Waals surface area contributed by atoms with Crippen molar-refractivity contribution in [3.63, 3.8) is 0 Å². The highest BCUT2D eigenvalue weighted by atomic mass is 32.1. The van der Waals surface area contributed by atoms with Gasteiger partial charge in [0.2, 0.25) is 0 Å². The maximum absolute atomic E-state index is 5.95. The van der Waals surface area contributed by atoms with E-state index in [-0.39, 0.29) is 0 Å². The van der Waals surface area contributed by atoms with Crippen LogP contribution in [0.1, 0.15) is 33.1 Å². The van der Waals surface area contributed by atoms with Gasteiger partial charge in [0.1, 0.15) is 5.75 Å². The molecule has 1 aromatic carbocycles. The molecule has 0 fully saturated rings. The maximum Gasteiger partial charge on any atom is 0.191 e. The number of rotatable bonds is 9. The number of hydrogen-bond acceptors (Lipinski definition) is 5. The zero-order chi connectivity index (χ0) is 19.6. The Hall–Kier alpha value is -2.12. The van der Waals surface area contributed by atoms with Gasteiger partial charge in [0, 0.05) is 44.2 Å². The van der Waals surface area contributed by atoms with Gasteiger partial charge in [-0.3, -0.25) is 4.99 Å². The van der Waals surface area contributed by atoms with Crippen LogP contribution < -0.4 is 15.4 Å². The monoisotopic (exact) mass is 390 g/mol. The first-order valence-corrected chi connectivity index (χ1v) is 9.93. The van der Waals surface area contributed by atoms with Crippen molar-refractivity contribution >= 4 is 17.3 Å². The van der Waals surface area contributed by atoms with E-state index in [9.17, 15) is 0 Å². The number of nitrogens with zero attached hydrogens (tertiary/aromatic N) is 2. The molecule has 0 aliphatic heterocycles. The molecule has 0 unspecified atom stereocenters. The van der Waals surface area contributed by atoms with Crippen molar-refractivity contribution in [2.24, 2.45) is 4.99 Å². The summed E-state index contributed by atoms with van der Waals surface area (Å²) in [5, 5.41) is 7.80. The highest BCUT2D eigenvalue weighted by Crippen LogP contribution is 2.21. The number of methoxy groups -OCH3 is 1. The van der Waals surface area contributed by atoms with Crippen LogP contribution >= 0.6 is 11.3 Å². The van der Waals surface area contributed by atoms with Gasteiger partial charge in [0.05, 0.1) is 23.9 Å². The van der Waals surface area contributed by atoms with Gasteiger partial charge >= 0.3 is 0 Å². The largest absolute Gasteiger partial charge is 0.493 e. The first-order valence-electron chi connectivity index (χ1n) is 9.12. The molecule has 2 N–H and O–H groups in total. The number of aryl methyl sites for hydroxylation is 3. The number of hydrogen-bond donors (Lipinski definition) is 2. The third-order valence-electron chi connectivity index (χ3n) is 4.06. The molecular formula is C20H30N4O2S. The van der Waals surface area contributed by atoms with Crippen LogP contribution in [0.3, 0.4) is 0 Å². The van der Waals surface area contributed by atoms with E-state index < -0.39 is 0 Å². The van der Waals surface area contributed by atoms with Crippen LogP contribution in [0.2, 0.25) is 0 Å². The summed E-state index contributed by atoms with van der Waals surface area (Å²) in [5.74, 6) is 1.66. The predicted octanol–water partition coefficient (Wildman–Crippen LogP) is 3.35. The van der Waals surface area contributed by atoms with Crippen LogP contribution in [-0.4, -0.2) is 38.3 Å². The Morgan fingerprint density at radius 1 is 1.15 bits per heavy atom. The summed E-state index contributed by atoms with van der Waals surface area (Å²) in [6.07, 6.45) is 0.869. The Kier molecular flexibility index (Phi) is 8.54. The van der Waals surface area contributed by atoms with Crippen molar-refractivity contribution in [2.45, 2.75) is 40.3 Å². The van der Waals surface area contributed by atoms with Gasteiger partial charge in [-0.05, 0) is 32.4 Å². The lowest BCUT2D eigenvalue weighted by Gasteiger charge is -2.15. The minimum absolute atomic E-state index is 0.639. The smallest absolute Gasteiger partial charge is 0.191 e. The van der Waals surface area contributed by atoms with Crippen molar-refractivity contribution < 1.29 is 9.47 Å². The minimum atomic E-state index is 0.639. The summed E-state index contributed by atoms with van der Waals surface area (Å²) in [6, 6.07) is 6.26. The van der Waals surface area contributed by atoms with Crippen LogP contribution in [0.5, 0.6) is 5.75 Å². The Morgan fingerprint density at radius 3 is 2.59 bits per heavy atom. The Labute approximate surface area is 166 Å². The molecule has 7 heteroatoms. The van der Waals surface area contributed by atoms with Gasteiger partial charge in [-0.25, -0.2) is 4.98 Å². The molecule has 0 saturated carbocycles. The number of ether oxygens (including phenoxy) is 2.